The lowest BCUT2D eigenvalue weighted by atomic mass is 10.3. The van der Waals surface area contributed by atoms with Gasteiger partial charge >= 0.3 is 0 Å². The summed E-state index contributed by atoms with van der Waals surface area (Å²) in [6.07, 6.45) is 4.21. The molecule has 0 atom stereocenters. The Hall–Kier alpha value is -1.26. The third-order valence-corrected chi connectivity index (χ3v) is 3.77. The summed E-state index contributed by atoms with van der Waals surface area (Å²) < 4.78 is 12.2. The van der Waals surface area contributed by atoms with Crippen molar-refractivity contribution in [3.63, 3.8) is 0 Å². The molecule has 0 saturated heterocycles. The molecule has 0 unspecified atom stereocenters. The Morgan fingerprint density at radius 2 is 2.10 bits per heavy atom. The zero-order valence-electron chi connectivity index (χ0n) is 10.7. The molecule has 0 radical (unpaired) electrons. The molecular weight excluding hydrogens is 342 g/mol. The first-order chi connectivity index (χ1) is 9.70. The topological polar surface area (TPSA) is 31.4 Å². The Balaban J connectivity index is 1.68. The second kappa shape index (κ2) is 6.02. The molecule has 5 heteroatoms. The van der Waals surface area contributed by atoms with Gasteiger partial charge in [0.25, 0.3) is 0 Å². The molecule has 0 bridgehead atoms. The molecule has 20 heavy (non-hydrogen) atoms. The van der Waals surface area contributed by atoms with Crippen molar-refractivity contribution in [2.24, 2.45) is 5.92 Å². The fourth-order valence-electron chi connectivity index (χ4n) is 1.69. The van der Waals surface area contributed by atoms with Crippen LogP contribution in [0.25, 0.3) is 0 Å². The van der Waals surface area contributed by atoms with Crippen LogP contribution in [-0.4, -0.2) is 11.6 Å². The van der Waals surface area contributed by atoms with Gasteiger partial charge in [-0.15, -0.1) is 0 Å². The largest absolute Gasteiger partial charge is 0.493 e. The lowest BCUT2D eigenvalue weighted by Crippen LogP contribution is -1.98. The molecule has 104 valence electrons. The third kappa shape index (κ3) is 3.64. The predicted molar refractivity (Wildman–Crippen MR) is 81.7 cm³/mol. The second-order valence-electron chi connectivity index (χ2n) is 4.76. The minimum atomic E-state index is 0.502. The van der Waals surface area contributed by atoms with Crippen molar-refractivity contribution in [1.82, 2.24) is 4.98 Å². The van der Waals surface area contributed by atoms with Gasteiger partial charge in [-0.3, -0.25) is 0 Å². The molecule has 3 rings (SSSR count). The van der Waals surface area contributed by atoms with Crippen LogP contribution in [0.3, 0.4) is 0 Å². The van der Waals surface area contributed by atoms with E-state index >= 15 is 0 Å². The molecule has 1 saturated carbocycles. The Morgan fingerprint density at radius 3 is 2.75 bits per heavy atom. The maximum Gasteiger partial charge on any atom is 0.219 e. The van der Waals surface area contributed by atoms with Crippen LogP contribution in [0.2, 0.25) is 5.02 Å². The van der Waals surface area contributed by atoms with Gasteiger partial charge < -0.3 is 9.47 Å². The van der Waals surface area contributed by atoms with E-state index < -0.39 is 0 Å². The number of pyridine rings is 1. The highest BCUT2D eigenvalue weighted by Gasteiger charge is 2.22. The van der Waals surface area contributed by atoms with Gasteiger partial charge in [-0.05, 0) is 52.9 Å². The van der Waals surface area contributed by atoms with E-state index in [0.717, 1.165) is 22.7 Å². The highest BCUT2D eigenvalue weighted by molar-refractivity contribution is 9.10. The highest BCUT2D eigenvalue weighted by atomic mass is 79.9. The first-order valence-electron chi connectivity index (χ1n) is 6.42. The molecule has 2 aromatic rings. The maximum absolute atomic E-state index is 6.20. The van der Waals surface area contributed by atoms with Crippen LogP contribution in [0.5, 0.6) is 17.4 Å². The number of rotatable bonds is 5. The normalized spacial score (nSPS) is 14.1. The van der Waals surface area contributed by atoms with E-state index in [1.165, 1.54) is 12.8 Å². The summed E-state index contributed by atoms with van der Waals surface area (Å²) in [6, 6.07) is 9.08. The number of nitrogens with zero attached hydrogens (tertiary/aromatic N) is 1. The number of halogens is 2. The maximum atomic E-state index is 6.20. The van der Waals surface area contributed by atoms with E-state index in [1.807, 2.05) is 12.1 Å². The molecule has 0 amide bonds. The van der Waals surface area contributed by atoms with Gasteiger partial charge in [-0.1, -0.05) is 11.6 Å². The van der Waals surface area contributed by atoms with Crippen LogP contribution in [0.1, 0.15) is 12.8 Å². The molecule has 1 fully saturated rings. The van der Waals surface area contributed by atoms with Crippen LogP contribution in [0.15, 0.2) is 41.0 Å². The number of benzene rings is 1. The molecule has 1 aromatic carbocycles. The van der Waals surface area contributed by atoms with Gasteiger partial charge in [0, 0.05) is 22.8 Å². The van der Waals surface area contributed by atoms with Crippen LogP contribution in [0.4, 0.5) is 0 Å². The van der Waals surface area contributed by atoms with Gasteiger partial charge in [0.05, 0.1) is 11.6 Å². The van der Waals surface area contributed by atoms with Crippen molar-refractivity contribution >= 4 is 27.5 Å². The minimum Gasteiger partial charge on any atom is -0.493 e. The van der Waals surface area contributed by atoms with Gasteiger partial charge in [0.2, 0.25) is 5.88 Å². The molecule has 0 spiro atoms. The fraction of sp³-hybridized carbons (Fsp3) is 0.267. The monoisotopic (exact) mass is 353 g/mol. The molecule has 0 N–H and O–H groups in total. The number of hydrogen-bond acceptors (Lipinski definition) is 3. The SMILES string of the molecule is Clc1cc(OCC2CC2)ccc1Oc1ccc(Br)cn1. The third-order valence-electron chi connectivity index (χ3n) is 3.00. The molecule has 1 aromatic heterocycles. The molecule has 0 aliphatic heterocycles. The van der Waals surface area contributed by atoms with Crippen LogP contribution >= 0.6 is 27.5 Å². The summed E-state index contributed by atoms with van der Waals surface area (Å²) in [5, 5.41) is 0.517. The van der Waals surface area contributed by atoms with Crippen LogP contribution in [-0.2, 0) is 0 Å². The predicted octanol–water partition coefficient (Wildman–Crippen LogP) is 5.08. The fourth-order valence-corrected chi connectivity index (χ4v) is 2.13. The van der Waals surface area contributed by atoms with Crippen molar-refractivity contribution in [2.45, 2.75) is 12.8 Å². The van der Waals surface area contributed by atoms with Gasteiger partial charge in [0.15, 0.2) is 0 Å². The molecular formula is C15H13BrClNO2. The Labute approximate surface area is 131 Å². The van der Waals surface area contributed by atoms with Crippen molar-refractivity contribution in [1.29, 1.82) is 0 Å². The quantitative estimate of drug-likeness (QED) is 0.750. The summed E-state index contributed by atoms with van der Waals surface area (Å²) in [5.74, 6) is 2.57. The molecule has 3 nitrogen and oxygen atoms in total. The van der Waals surface area contributed by atoms with E-state index in [-0.39, 0.29) is 0 Å². The van der Waals surface area contributed by atoms with E-state index in [2.05, 4.69) is 20.9 Å². The lowest BCUT2D eigenvalue weighted by molar-refractivity contribution is 0.299. The molecule has 1 aliphatic carbocycles. The number of hydrogen-bond donors (Lipinski definition) is 0. The number of ether oxygens (including phenoxy) is 2. The van der Waals surface area contributed by atoms with Gasteiger partial charge in [-0.25, -0.2) is 4.98 Å². The van der Waals surface area contributed by atoms with E-state index in [0.29, 0.717) is 16.7 Å². The summed E-state index contributed by atoms with van der Waals surface area (Å²) in [4.78, 5) is 4.15. The van der Waals surface area contributed by atoms with Crippen molar-refractivity contribution < 1.29 is 9.47 Å². The zero-order valence-corrected chi connectivity index (χ0v) is 13.0. The number of aromatic nitrogens is 1. The summed E-state index contributed by atoms with van der Waals surface area (Å²) in [7, 11) is 0. The van der Waals surface area contributed by atoms with Gasteiger partial charge in [0.1, 0.15) is 11.5 Å². The van der Waals surface area contributed by atoms with Crippen LogP contribution < -0.4 is 9.47 Å². The Kier molecular flexibility index (Phi) is 4.13. The van der Waals surface area contributed by atoms with Crippen molar-refractivity contribution in [3.8, 4) is 17.4 Å². The average molecular weight is 355 g/mol. The summed E-state index contributed by atoms with van der Waals surface area (Å²) in [5.41, 5.74) is 0. The average Bonchev–Trinajstić information content (AvgIpc) is 3.26. The summed E-state index contributed by atoms with van der Waals surface area (Å²) in [6.45, 7) is 0.769. The van der Waals surface area contributed by atoms with E-state index in [9.17, 15) is 0 Å². The smallest absolute Gasteiger partial charge is 0.219 e. The molecule has 1 aliphatic rings. The van der Waals surface area contributed by atoms with Gasteiger partial charge in [-0.2, -0.15) is 0 Å². The Bertz CT molecular complexity index is 599. The van der Waals surface area contributed by atoms with E-state index in [1.54, 1.807) is 24.4 Å². The van der Waals surface area contributed by atoms with Crippen molar-refractivity contribution in [3.05, 3.63) is 46.0 Å². The first kappa shape index (κ1) is 13.7. The van der Waals surface area contributed by atoms with E-state index in [4.69, 9.17) is 21.1 Å². The highest BCUT2D eigenvalue weighted by Crippen LogP contribution is 2.34. The van der Waals surface area contributed by atoms with Crippen LogP contribution in [0, 0.1) is 5.92 Å². The van der Waals surface area contributed by atoms with Crippen molar-refractivity contribution in [2.75, 3.05) is 6.61 Å². The standard InChI is InChI=1S/C15H13BrClNO2/c16-11-3-6-15(18-8-11)20-14-5-4-12(7-13(14)17)19-9-10-1-2-10/h3-8,10H,1-2,9H2. The first-order valence-corrected chi connectivity index (χ1v) is 7.59. The zero-order chi connectivity index (χ0) is 13.9. The minimum absolute atomic E-state index is 0.502. The molecule has 1 heterocycles. The second-order valence-corrected chi connectivity index (χ2v) is 6.09. The lowest BCUT2D eigenvalue weighted by Gasteiger charge is -2.09. The summed E-state index contributed by atoms with van der Waals surface area (Å²) >= 11 is 9.53. The Morgan fingerprint density at radius 1 is 1.25 bits per heavy atom.